The third kappa shape index (κ3) is 3.47. The molecule has 0 spiro atoms. The van der Waals surface area contributed by atoms with Crippen LogP contribution >= 0.6 is 0 Å². The van der Waals surface area contributed by atoms with Gasteiger partial charge in [-0.3, -0.25) is 9.48 Å². The zero-order valence-corrected chi connectivity index (χ0v) is 11.1. The Bertz CT molecular complexity index is 470. The third-order valence-corrected chi connectivity index (χ3v) is 2.27. The molecule has 100 valence electrons. The van der Waals surface area contributed by atoms with Crippen molar-refractivity contribution in [2.45, 2.75) is 27.2 Å². The van der Waals surface area contributed by atoms with Gasteiger partial charge in [-0.25, -0.2) is 0 Å². The van der Waals surface area contributed by atoms with Crippen LogP contribution in [0.15, 0.2) is 11.4 Å². The molecule has 1 rings (SSSR count). The van der Waals surface area contributed by atoms with Crippen LogP contribution in [0.3, 0.4) is 0 Å². The minimum absolute atomic E-state index is 0.0887. The first kappa shape index (κ1) is 14.0. The smallest absolute Gasteiger partial charge is 0.226 e. The summed E-state index contributed by atoms with van der Waals surface area (Å²) in [5.41, 5.74) is 5.79. The van der Waals surface area contributed by atoms with Gasteiger partial charge in [0.15, 0.2) is 5.84 Å². The maximum atomic E-state index is 11.8. The number of carbonyl (C=O) groups excluding carboxylic acids is 1. The van der Waals surface area contributed by atoms with E-state index in [0.717, 1.165) is 0 Å². The van der Waals surface area contributed by atoms with Gasteiger partial charge in [0.2, 0.25) is 5.91 Å². The van der Waals surface area contributed by atoms with Crippen LogP contribution in [0.2, 0.25) is 0 Å². The topological polar surface area (TPSA) is 106 Å². The van der Waals surface area contributed by atoms with E-state index < -0.39 is 0 Å². The van der Waals surface area contributed by atoms with Crippen molar-refractivity contribution in [3.05, 3.63) is 11.8 Å². The average Bonchev–Trinajstić information content (AvgIpc) is 2.57. The lowest BCUT2D eigenvalue weighted by Crippen LogP contribution is -2.23. The number of nitrogens with zero attached hydrogens (tertiary/aromatic N) is 3. The largest absolute Gasteiger partial charge is 0.409 e. The molecular formula is C11H19N5O2. The van der Waals surface area contributed by atoms with Gasteiger partial charge in [-0.15, -0.1) is 0 Å². The Hall–Kier alpha value is -2.05. The lowest BCUT2D eigenvalue weighted by atomic mass is 9.92. The highest BCUT2D eigenvalue weighted by atomic mass is 16.4. The molecule has 0 aliphatic rings. The lowest BCUT2D eigenvalue weighted by molar-refractivity contribution is -0.117. The molecule has 0 unspecified atom stereocenters. The van der Waals surface area contributed by atoms with Gasteiger partial charge < -0.3 is 16.3 Å². The number of carbonyl (C=O) groups is 1. The summed E-state index contributed by atoms with van der Waals surface area (Å²) in [6, 6.07) is 0. The predicted octanol–water partition coefficient (Wildman–Crippen LogP) is 0.889. The molecule has 0 aromatic carbocycles. The number of nitrogens with two attached hydrogens (primary N) is 1. The van der Waals surface area contributed by atoms with Gasteiger partial charge in [0.05, 0.1) is 11.8 Å². The molecule has 0 saturated heterocycles. The van der Waals surface area contributed by atoms with E-state index in [0.29, 0.717) is 17.8 Å². The number of hydrogen-bond acceptors (Lipinski definition) is 4. The molecule has 18 heavy (non-hydrogen) atoms. The first-order valence-electron chi connectivity index (χ1n) is 5.54. The van der Waals surface area contributed by atoms with E-state index in [1.807, 2.05) is 20.8 Å². The monoisotopic (exact) mass is 253 g/mol. The van der Waals surface area contributed by atoms with Crippen LogP contribution in [0.1, 0.15) is 32.8 Å². The van der Waals surface area contributed by atoms with Crippen molar-refractivity contribution in [2.75, 3.05) is 5.32 Å². The second-order valence-electron chi connectivity index (χ2n) is 5.30. The van der Waals surface area contributed by atoms with Crippen LogP contribution in [-0.2, 0) is 11.8 Å². The van der Waals surface area contributed by atoms with E-state index >= 15 is 0 Å². The van der Waals surface area contributed by atoms with Gasteiger partial charge in [0.1, 0.15) is 5.82 Å². The summed E-state index contributed by atoms with van der Waals surface area (Å²) in [6.45, 7) is 5.92. The number of amides is 1. The molecule has 1 amide bonds. The molecule has 1 heterocycles. The fraction of sp³-hybridized carbons (Fsp3) is 0.545. The van der Waals surface area contributed by atoms with Crippen LogP contribution in [-0.4, -0.2) is 26.7 Å². The van der Waals surface area contributed by atoms with Crippen LogP contribution < -0.4 is 11.1 Å². The fourth-order valence-corrected chi connectivity index (χ4v) is 1.49. The summed E-state index contributed by atoms with van der Waals surface area (Å²) in [4.78, 5) is 11.8. The molecule has 0 fully saturated rings. The lowest BCUT2D eigenvalue weighted by Gasteiger charge is -2.17. The summed E-state index contributed by atoms with van der Waals surface area (Å²) >= 11 is 0. The fourth-order valence-electron chi connectivity index (χ4n) is 1.49. The number of aryl methyl sites for hydroxylation is 1. The van der Waals surface area contributed by atoms with E-state index in [1.54, 1.807) is 7.05 Å². The highest BCUT2D eigenvalue weighted by molar-refractivity contribution is 6.04. The van der Waals surface area contributed by atoms with E-state index in [1.165, 1.54) is 10.9 Å². The summed E-state index contributed by atoms with van der Waals surface area (Å²) in [5, 5.41) is 18.2. The summed E-state index contributed by atoms with van der Waals surface area (Å²) in [5.74, 6) is 0.187. The second kappa shape index (κ2) is 5.07. The number of anilines is 1. The normalized spacial score (nSPS) is 12.6. The van der Waals surface area contributed by atoms with Crippen LogP contribution in [0.25, 0.3) is 0 Å². The third-order valence-electron chi connectivity index (χ3n) is 2.27. The van der Waals surface area contributed by atoms with E-state index in [4.69, 9.17) is 10.9 Å². The van der Waals surface area contributed by atoms with Crippen molar-refractivity contribution < 1.29 is 10.0 Å². The molecule has 0 aliphatic carbocycles. The molecule has 7 nitrogen and oxygen atoms in total. The first-order chi connectivity index (χ1) is 8.24. The molecular weight excluding hydrogens is 234 g/mol. The molecule has 1 aromatic rings. The molecule has 0 saturated carbocycles. The summed E-state index contributed by atoms with van der Waals surface area (Å²) in [7, 11) is 1.67. The van der Waals surface area contributed by atoms with Crippen molar-refractivity contribution in [2.24, 2.45) is 23.4 Å². The van der Waals surface area contributed by atoms with Gasteiger partial charge in [-0.2, -0.15) is 5.10 Å². The van der Waals surface area contributed by atoms with Gasteiger partial charge in [-0.05, 0) is 5.41 Å². The quantitative estimate of drug-likeness (QED) is 0.322. The van der Waals surface area contributed by atoms with Gasteiger partial charge in [-0.1, -0.05) is 25.9 Å². The number of hydrogen-bond donors (Lipinski definition) is 3. The Morgan fingerprint density at radius 3 is 2.72 bits per heavy atom. The Morgan fingerprint density at radius 2 is 2.22 bits per heavy atom. The zero-order valence-electron chi connectivity index (χ0n) is 11.1. The Morgan fingerprint density at radius 1 is 1.61 bits per heavy atom. The van der Waals surface area contributed by atoms with Gasteiger partial charge in [0, 0.05) is 13.5 Å². The van der Waals surface area contributed by atoms with Crippen molar-refractivity contribution in [1.29, 1.82) is 0 Å². The van der Waals surface area contributed by atoms with Crippen molar-refractivity contribution in [1.82, 2.24) is 9.78 Å². The van der Waals surface area contributed by atoms with Crippen molar-refractivity contribution in [3.8, 4) is 0 Å². The Kier molecular flexibility index (Phi) is 3.95. The van der Waals surface area contributed by atoms with Crippen LogP contribution in [0.5, 0.6) is 0 Å². The number of rotatable bonds is 3. The second-order valence-corrected chi connectivity index (χ2v) is 5.30. The molecule has 0 aliphatic heterocycles. The zero-order chi connectivity index (χ0) is 13.9. The van der Waals surface area contributed by atoms with E-state index in [-0.39, 0.29) is 17.2 Å². The number of oxime groups is 1. The first-order valence-corrected chi connectivity index (χ1v) is 5.54. The average molecular weight is 253 g/mol. The minimum atomic E-state index is -0.141. The molecule has 1 aromatic heterocycles. The minimum Gasteiger partial charge on any atom is -0.409 e. The van der Waals surface area contributed by atoms with Gasteiger partial charge >= 0.3 is 0 Å². The molecule has 4 N–H and O–H groups in total. The molecule has 0 radical (unpaired) electrons. The number of amidine groups is 1. The molecule has 0 atom stereocenters. The predicted molar refractivity (Wildman–Crippen MR) is 68.4 cm³/mol. The van der Waals surface area contributed by atoms with Gasteiger partial charge in [0.25, 0.3) is 0 Å². The highest BCUT2D eigenvalue weighted by Gasteiger charge is 2.19. The van der Waals surface area contributed by atoms with Crippen molar-refractivity contribution in [3.63, 3.8) is 0 Å². The number of nitrogens with one attached hydrogen (secondary N) is 1. The SMILES string of the molecule is Cn1ncc(/C(N)=N\O)c1NC(=O)CC(C)(C)C. The summed E-state index contributed by atoms with van der Waals surface area (Å²) in [6.07, 6.45) is 1.80. The highest BCUT2D eigenvalue weighted by Crippen LogP contribution is 2.20. The maximum absolute atomic E-state index is 11.8. The van der Waals surface area contributed by atoms with Crippen LogP contribution in [0.4, 0.5) is 5.82 Å². The Labute approximate surface area is 106 Å². The molecule has 7 heteroatoms. The van der Waals surface area contributed by atoms with Crippen molar-refractivity contribution >= 4 is 17.6 Å². The standard InChI is InChI=1S/C11H19N5O2/c1-11(2,3)5-8(17)14-10-7(9(12)15-18)6-13-16(10)4/h6,18H,5H2,1-4H3,(H2,12,15)(H,14,17). The molecule has 0 bridgehead atoms. The van der Waals surface area contributed by atoms with E-state index in [2.05, 4.69) is 15.6 Å². The Balaban J connectivity index is 2.91. The van der Waals surface area contributed by atoms with Crippen LogP contribution in [0, 0.1) is 5.41 Å². The van der Waals surface area contributed by atoms with E-state index in [9.17, 15) is 4.79 Å². The number of aromatic nitrogens is 2. The summed E-state index contributed by atoms with van der Waals surface area (Å²) < 4.78 is 1.47. The maximum Gasteiger partial charge on any atom is 0.226 e.